The van der Waals surface area contributed by atoms with Crippen LogP contribution >= 0.6 is 23.2 Å². The maximum Gasteiger partial charge on any atom is 0.146 e. The van der Waals surface area contributed by atoms with Crippen molar-refractivity contribution in [1.82, 2.24) is 9.97 Å². The predicted molar refractivity (Wildman–Crippen MR) is 76.9 cm³/mol. The minimum Gasteiger partial charge on any atom is -0.486 e. The molecule has 19 heavy (non-hydrogen) atoms. The standard InChI is InChI=1S/C14H10Cl2N2O/c15-10-6-5-9(7-11(10)16)19-8-14-17-12-3-1-2-4-13(12)18-14/h1-7H,8H2,(H,17,18). The second kappa shape index (κ2) is 5.11. The minimum atomic E-state index is 0.354. The number of aromatic amines is 1. The van der Waals surface area contributed by atoms with Crippen molar-refractivity contribution in [2.45, 2.75) is 6.61 Å². The number of aromatic nitrogens is 2. The molecule has 5 heteroatoms. The molecule has 0 unspecified atom stereocenters. The lowest BCUT2D eigenvalue weighted by Crippen LogP contribution is -1.97. The van der Waals surface area contributed by atoms with E-state index in [1.807, 2.05) is 24.3 Å². The number of H-pyrrole nitrogens is 1. The van der Waals surface area contributed by atoms with E-state index in [2.05, 4.69) is 9.97 Å². The Bertz CT molecular complexity index is 691. The van der Waals surface area contributed by atoms with Crippen LogP contribution in [-0.4, -0.2) is 9.97 Å². The second-order valence-electron chi connectivity index (χ2n) is 4.07. The summed E-state index contributed by atoms with van der Waals surface area (Å²) in [7, 11) is 0. The molecule has 0 aliphatic heterocycles. The van der Waals surface area contributed by atoms with Gasteiger partial charge in [0.1, 0.15) is 18.2 Å². The van der Waals surface area contributed by atoms with Crippen LogP contribution < -0.4 is 4.74 Å². The quantitative estimate of drug-likeness (QED) is 0.774. The molecule has 0 amide bonds. The average Bonchev–Trinajstić information content (AvgIpc) is 2.83. The first kappa shape index (κ1) is 12.3. The summed E-state index contributed by atoms with van der Waals surface area (Å²) >= 11 is 11.8. The first-order valence-corrected chi connectivity index (χ1v) is 6.49. The van der Waals surface area contributed by atoms with Gasteiger partial charge in [0.05, 0.1) is 21.1 Å². The summed E-state index contributed by atoms with van der Waals surface area (Å²) in [6.45, 7) is 0.354. The lowest BCUT2D eigenvalue weighted by atomic mass is 10.3. The first-order valence-electron chi connectivity index (χ1n) is 5.74. The molecule has 1 N–H and O–H groups in total. The smallest absolute Gasteiger partial charge is 0.146 e. The van der Waals surface area contributed by atoms with Crippen molar-refractivity contribution in [1.29, 1.82) is 0 Å². The predicted octanol–water partition coefficient (Wildman–Crippen LogP) is 4.45. The van der Waals surface area contributed by atoms with Crippen LogP contribution in [0.4, 0.5) is 0 Å². The Morgan fingerprint density at radius 3 is 2.68 bits per heavy atom. The average molecular weight is 293 g/mol. The molecule has 0 aliphatic carbocycles. The van der Waals surface area contributed by atoms with Gasteiger partial charge in [0.2, 0.25) is 0 Å². The summed E-state index contributed by atoms with van der Waals surface area (Å²) in [5.41, 5.74) is 1.92. The maximum absolute atomic E-state index is 5.92. The number of hydrogen-bond donors (Lipinski definition) is 1. The van der Waals surface area contributed by atoms with Gasteiger partial charge in [-0.25, -0.2) is 4.98 Å². The largest absolute Gasteiger partial charge is 0.486 e. The highest BCUT2D eigenvalue weighted by atomic mass is 35.5. The molecule has 0 spiro atoms. The SMILES string of the molecule is Clc1ccc(OCc2nc3ccccc3[nH]2)cc1Cl. The van der Waals surface area contributed by atoms with E-state index in [0.29, 0.717) is 22.4 Å². The molecule has 3 nitrogen and oxygen atoms in total. The van der Waals surface area contributed by atoms with E-state index in [9.17, 15) is 0 Å². The molecular formula is C14H10Cl2N2O. The lowest BCUT2D eigenvalue weighted by Gasteiger charge is -2.05. The zero-order valence-corrected chi connectivity index (χ0v) is 11.4. The fourth-order valence-electron chi connectivity index (χ4n) is 1.79. The third kappa shape index (κ3) is 2.67. The normalized spacial score (nSPS) is 10.8. The molecule has 96 valence electrons. The lowest BCUT2D eigenvalue weighted by molar-refractivity contribution is 0.297. The number of ether oxygens (including phenoxy) is 1. The highest BCUT2D eigenvalue weighted by Crippen LogP contribution is 2.26. The molecule has 2 aromatic carbocycles. The summed E-state index contributed by atoms with van der Waals surface area (Å²) in [6.07, 6.45) is 0. The molecule has 3 aromatic rings. The van der Waals surface area contributed by atoms with Crippen molar-refractivity contribution in [3.63, 3.8) is 0 Å². The van der Waals surface area contributed by atoms with Gasteiger partial charge in [-0.05, 0) is 24.3 Å². The van der Waals surface area contributed by atoms with Crippen LogP contribution in [0.25, 0.3) is 11.0 Å². The van der Waals surface area contributed by atoms with Crippen molar-refractivity contribution in [2.75, 3.05) is 0 Å². The van der Waals surface area contributed by atoms with E-state index in [1.165, 1.54) is 0 Å². The van der Waals surface area contributed by atoms with E-state index in [1.54, 1.807) is 18.2 Å². The zero-order valence-electron chi connectivity index (χ0n) is 9.86. The van der Waals surface area contributed by atoms with Crippen molar-refractivity contribution < 1.29 is 4.74 Å². The molecule has 3 rings (SSSR count). The molecule has 0 saturated carbocycles. The summed E-state index contributed by atoms with van der Waals surface area (Å²) in [5.74, 6) is 1.43. The molecule has 0 atom stereocenters. The van der Waals surface area contributed by atoms with Gasteiger partial charge >= 0.3 is 0 Å². The van der Waals surface area contributed by atoms with Crippen LogP contribution in [0.1, 0.15) is 5.82 Å². The molecule has 0 saturated heterocycles. The van der Waals surface area contributed by atoms with Crippen LogP contribution in [0.15, 0.2) is 42.5 Å². The van der Waals surface area contributed by atoms with Gasteiger partial charge in [-0.2, -0.15) is 0 Å². The van der Waals surface area contributed by atoms with E-state index in [4.69, 9.17) is 27.9 Å². The minimum absolute atomic E-state index is 0.354. The number of imidazole rings is 1. The topological polar surface area (TPSA) is 37.9 Å². The van der Waals surface area contributed by atoms with Gasteiger partial charge in [-0.1, -0.05) is 35.3 Å². The molecule has 0 bridgehead atoms. The fourth-order valence-corrected chi connectivity index (χ4v) is 2.08. The number of fused-ring (bicyclic) bond motifs is 1. The van der Waals surface area contributed by atoms with E-state index >= 15 is 0 Å². The maximum atomic E-state index is 5.92. The highest BCUT2D eigenvalue weighted by molar-refractivity contribution is 6.42. The van der Waals surface area contributed by atoms with Crippen LogP contribution in [0.2, 0.25) is 10.0 Å². The Labute approximate surface area is 120 Å². The fraction of sp³-hybridized carbons (Fsp3) is 0.0714. The van der Waals surface area contributed by atoms with E-state index < -0.39 is 0 Å². The zero-order chi connectivity index (χ0) is 13.2. The first-order chi connectivity index (χ1) is 9.22. The van der Waals surface area contributed by atoms with E-state index in [0.717, 1.165) is 16.9 Å². The monoisotopic (exact) mass is 292 g/mol. The number of para-hydroxylation sites is 2. The van der Waals surface area contributed by atoms with Crippen LogP contribution in [0.5, 0.6) is 5.75 Å². The van der Waals surface area contributed by atoms with Crippen LogP contribution in [0, 0.1) is 0 Å². The van der Waals surface area contributed by atoms with Gasteiger partial charge < -0.3 is 9.72 Å². The van der Waals surface area contributed by atoms with Gasteiger partial charge in [-0.3, -0.25) is 0 Å². The van der Waals surface area contributed by atoms with Gasteiger partial charge in [0.15, 0.2) is 0 Å². The number of hydrogen-bond acceptors (Lipinski definition) is 2. The second-order valence-corrected chi connectivity index (χ2v) is 4.88. The van der Waals surface area contributed by atoms with Crippen LogP contribution in [0.3, 0.4) is 0 Å². The number of rotatable bonds is 3. The Balaban J connectivity index is 1.76. The van der Waals surface area contributed by atoms with Gasteiger partial charge in [-0.15, -0.1) is 0 Å². The van der Waals surface area contributed by atoms with E-state index in [-0.39, 0.29) is 0 Å². The molecule has 0 fully saturated rings. The Kier molecular flexibility index (Phi) is 3.32. The third-order valence-corrected chi connectivity index (χ3v) is 3.44. The summed E-state index contributed by atoms with van der Waals surface area (Å²) in [6, 6.07) is 13.0. The number of benzene rings is 2. The number of nitrogens with zero attached hydrogens (tertiary/aromatic N) is 1. The van der Waals surface area contributed by atoms with Crippen molar-refractivity contribution >= 4 is 34.2 Å². The number of halogens is 2. The van der Waals surface area contributed by atoms with Crippen molar-refractivity contribution in [3.8, 4) is 5.75 Å². The van der Waals surface area contributed by atoms with Crippen LogP contribution in [-0.2, 0) is 6.61 Å². The Hall–Kier alpha value is -1.71. The highest BCUT2D eigenvalue weighted by Gasteiger charge is 2.04. The molecule has 1 heterocycles. The number of nitrogens with one attached hydrogen (secondary N) is 1. The molecule has 0 aliphatic rings. The van der Waals surface area contributed by atoms with Crippen molar-refractivity contribution in [3.05, 3.63) is 58.3 Å². The Morgan fingerprint density at radius 2 is 1.89 bits per heavy atom. The molecule has 0 radical (unpaired) electrons. The molecule has 1 aromatic heterocycles. The van der Waals surface area contributed by atoms with Gasteiger partial charge in [0, 0.05) is 6.07 Å². The third-order valence-electron chi connectivity index (χ3n) is 2.71. The molecular weight excluding hydrogens is 283 g/mol. The summed E-state index contributed by atoms with van der Waals surface area (Å²) < 4.78 is 5.62. The van der Waals surface area contributed by atoms with Crippen molar-refractivity contribution in [2.24, 2.45) is 0 Å². The van der Waals surface area contributed by atoms with Gasteiger partial charge in [0.25, 0.3) is 0 Å². The summed E-state index contributed by atoms with van der Waals surface area (Å²) in [4.78, 5) is 7.62. The Morgan fingerprint density at radius 1 is 1.05 bits per heavy atom. The summed E-state index contributed by atoms with van der Waals surface area (Å²) in [5, 5.41) is 0.988.